The van der Waals surface area contributed by atoms with Gasteiger partial charge >= 0.3 is 0 Å². The molecule has 4 aromatic rings. The molecule has 0 saturated heterocycles. The standard InChI is InChI=1S/C27H27N5O3/c1-20-26(27(33)32(30(20)2)23-16-10-5-11-17-23)31(18-24(28-34)21-12-6-3-7-13-21)19-25(29-35)22-14-8-4-9-15-22/h3-17,34-35H,18-19H2,1-2H3/b28-24+,29-25+. The second-order valence-electron chi connectivity index (χ2n) is 8.09. The van der Waals surface area contributed by atoms with Crippen molar-refractivity contribution in [1.29, 1.82) is 0 Å². The van der Waals surface area contributed by atoms with Gasteiger partial charge in [-0.2, -0.15) is 0 Å². The number of aromatic nitrogens is 2. The Morgan fingerprint density at radius 3 is 1.63 bits per heavy atom. The Kier molecular flexibility index (Phi) is 7.11. The molecule has 8 heteroatoms. The Balaban J connectivity index is 1.83. The average Bonchev–Trinajstić information content (AvgIpc) is 3.13. The van der Waals surface area contributed by atoms with E-state index in [1.807, 2.05) is 105 Å². The number of oxime groups is 2. The summed E-state index contributed by atoms with van der Waals surface area (Å²) >= 11 is 0. The summed E-state index contributed by atoms with van der Waals surface area (Å²) in [5.41, 5.74) is 3.84. The molecule has 2 N–H and O–H groups in total. The first kappa shape index (κ1) is 23.6. The van der Waals surface area contributed by atoms with Gasteiger partial charge in [0.25, 0.3) is 5.56 Å². The number of para-hydroxylation sites is 1. The second-order valence-corrected chi connectivity index (χ2v) is 8.09. The third-order valence-corrected chi connectivity index (χ3v) is 5.98. The number of hydrogen-bond donors (Lipinski definition) is 2. The van der Waals surface area contributed by atoms with Gasteiger partial charge in [-0.1, -0.05) is 89.2 Å². The zero-order valence-corrected chi connectivity index (χ0v) is 19.6. The fourth-order valence-corrected chi connectivity index (χ4v) is 4.12. The minimum Gasteiger partial charge on any atom is -0.411 e. The van der Waals surface area contributed by atoms with Crippen molar-refractivity contribution in [3.05, 3.63) is 118 Å². The Morgan fingerprint density at radius 2 is 1.20 bits per heavy atom. The van der Waals surface area contributed by atoms with Crippen LogP contribution >= 0.6 is 0 Å². The zero-order valence-electron chi connectivity index (χ0n) is 19.6. The van der Waals surface area contributed by atoms with Crippen molar-refractivity contribution in [2.75, 3.05) is 18.0 Å². The second kappa shape index (κ2) is 10.6. The fourth-order valence-electron chi connectivity index (χ4n) is 4.12. The van der Waals surface area contributed by atoms with Crippen molar-refractivity contribution >= 4 is 17.1 Å². The maximum Gasteiger partial charge on any atom is 0.295 e. The summed E-state index contributed by atoms with van der Waals surface area (Å²) in [6, 6.07) is 27.9. The van der Waals surface area contributed by atoms with Crippen LogP contribution in [0.5, 0.6) is 0 Å². The van der Waals surface area contributed by atoms with E-state index in [0.717, 1.165) is 22.5 Å². The van der Waals surface area contributed by atoms with E-state index in [-0.39, 0.29) is 18.6 Å². The van der Waals surface area contributed by atoms with E-state index in [4.69, 9.17) is 0 Å². The summed E-state index contributed by atoms with van der Waals surface area (Å²) in [4.78, 5) is 15.5. The Hall–Kier alpha value is -4.59. The quantitative estimate of drug-likeness (QED) is 0.231. The van der Waals surface area contributed by atoms with E-state index in [0.29, 0.717) is 17.1 Å². The fraction of sp³-hybridized carbons (Fsp3) is 0.148. The Bertz CT molecular complexity index is 1330. The molecule has 0 bridgehead atoms. The summed E-state index contributed by atoms with van der Waals surface area (Å²) in [5.74, 6) is 0. The lowest BCUT2D eigenvalue weighted by molar-refractivity contribution is 0.318. The van der Waals surface area contributed by atoms with E-state index in [1.54, 1.807) is 14.3 Å². The number of nitrogens with zero attached hydrogens (tertiary/aromatic N) is 5. The zero-order chi connectivity index (χ0) is 24.8. The molecule has 1 heterocycles. The molecule has 0 radical (unpaired) electrons. The highest BCUT2D eigenvalue weighted by atomic mass is 16.4. The van der Waals surface area contributed by atoms with E-state index in [9.17, 15) is 15.2 Å². The normalized spacial score (nSPS) is 12.1. The van der Waals surface area contributed by atoms with E-state index in [2.05, 4.69) is 10.3 Å². The van der Waals surface area contributed by atoms with Crippen molar-refractivity contribution in [2.24, 2.45) is 17.4 Å². The van der Waals surface area contributed by atoms with Gasteiger partial charge in [0, 0.05) is 18.2 Å². The van der Waals surface area contributed by atoms with Gasteiger partial charge in [-0.05, 0) is 19.1 Å². The smallest absolute Gasteiger partial charge is 0.295 e. The molecule has 35 heavy (non-hydrogen) atoms. The molecule has 0 fully saturated rings. The van der Waals surface area contributed by atoms with Crippen LogP contribution in [0.3, 0.4) is 0 Å². The molecule has 178 valence electrons. The van der Waals surface area contributed by atoms with Crippen LogP contribution in [0.2, 0.25) is 0 Å². The molecule has 0 atom stereocenters. The monoisotopic (exact) mass is 469 g/mol. The largest absolute Gasteiger partial charge is 0.411 e. The first-order valence-corrected chi connectivity index (χ1v) is 11.2. The van der Waals surface area contributed by atoms with Gasteiger partial charge < -0.3 is 15.3 Å². The predicted octanol–water partition coefficient (Wildman–Crippen LogP) is 4.05. The van der Waals surface area contributed by atoms with Gasteiger partial charge in [-0.25, -0.2) is 4.68 Å². The van der Waals surface area contributed by atoms with Crippen LogP contribution < -0.4 is 10.5 Å². The van der Waals surface area contributed by atoms with Crippen molar-refractivity contribution in [3.8, 4) is 5.69 Å². The summed E-state index contributed by atoms with van der Waals surface area (Å²) in [6.45, 7) is 2.09. The molecular formula is C27H27N5O3. The van der Waals surface area contributed by atoms with E-state index >= 15 is 0 Å². The molecule has 4 rings (SSSR count). The molecule has 0 aliphatic rings. The molecule has 0 spiro atoms. The third kappa shape index (κ3) is 4.86. The predicted molar refractivity (Wildman–Crippen MR) is 137 cm³/mol. The summed E-state index contributed by atoms with van der Waals surface area (Å²) in [5, 5.41) is 26.8. The van der Waals surface area contributed by atoms with Crippen LogP contribution in [0.15, 0.2) is 106 Å². The maximum atomic E-state index is 13.8. The lowest BCUT2D eigenvalue weighted by Gasteiger charge is -2.24. The topological polar surface area (TPSA) is 95.4 Å². The first-order valence-electron chi connectivity index (χ1n) is 11.2. The highest BCUT2D eigenvalue weighted by Crippen LogP contribution is 2.20. The molecule has 1 aromatic heterocycles. The van der Waals surface area contributed by atoms with Crippen molar-refractivity contribution in [2.45, 2.75) is 6.92 Å². The number of hydrogen-bond acceptors (Lipinski definition) is 6. The van der Waals surface area contributed by atoms with Crippen LogP contribution in [-0.2, 0) is 7.05 Å². The van der Waals surface area contributed by atoms with Crippen LogP contribution in [-0.4, -0.2) is 44.3 Å². The molecule has 0 saturated carbocycles. The highest BCUT2D eigenvalue weighted by molar-refractivity contribution is 6.06. The van der Waals surface area contributed by atoms with Crippen molar-refractivity contribution < 1.29 is 10.4 Å². The van der Waals surface area contributed by atoms with Gasteiger partial charge in [0.05, 0.1) is 24.5 Å². The molecule has 8 nitrogen and oxygen atoms in total. The third-order valence-electron chi connectivity index (χ3n) is 5.98. The lowest BCUT2D eigenvalue weighted by atomic mass is 10.1. The van der Waals surface area contributed by atoms with Crippen LogP contribution in [0, 0.1) is 6.92 Å². The van der Waals surface area contributed by atoms with Crippen LogP contribution in [0.4, 0.5) is 5.69 Å². The molecule has 3 aromatic carbocycles. The molecule has 0 aliphatic carbocycles. The van der Waals surface area contributed by atoms with Crippen molar-refractivity contribution in [1.82, 2.24) is 9.36 Å². The highest BCUT2D eigenvalue weighted by Gasteiger charge is 2.25. The maximum absolute atomic E-state index is 13.8. The summed E-state index contributed by atoms with van der Waals surface area (Å²) in [6.07, 6.45) is 0. The minimum atomic E-state index is -0.230. The Labute approximate surface area is 203 Å². The van der Waals surface area contributed by atoms with E-state index < -0.39 is 0 Å². The molecule has 0 unspecified atom stereocenters. The number of benzene rings is 3. The Morgan fingerprint density at radius 1 is 0.771 bits per heavy atom. The SMILES string of the molecule is Cc1c(N(C/C(=N\O)c2ccccc2)C/C(=N\O)c2ccccc2)c(=O)n(-c2ccccc2)n1C. The van der Waals surface area contributed by atoms with Gasteiger partial charge in [0.2, 0.25) is 0 Å². The number of rotatable bonds is 8. The van der Waals surface area contributed by atoms with E-state index in [1.165, 1.54) is 0 Å². The van der Waals surface area contributed by atoms with Gasteiger partial charge in [-0.15, -0.1) is 0 Å². The number of anilines is 1. The minimum absolute atomic E-state index is 0.112. The molecule has 0 amide bonds. The summed E-state index contributed by atoms with van der Waals surface area (Å²) in [7, 11) is 1.82. The van der Waals surface area contributed by atoms with Crippen molar-refractivity contribution in [3.63, 3.8) is 0 Å². The van der Waals surface area contributed by atoms with Crippen LogP contribution in [0.25, 0.3) is 5.69 Å². The average molecular weight is 470 g/mol. The van der Waals surface area contributed by atoms with Gasteiger partial charge in [0.15, 0.2) is 0 Å². The van der Waals surface area contributed by atoms with Gasteiger partial charge in [0.1, 0.15) is 17.1 Å². The first-order chi connectivity index (χ1) is 17.0. The summed E-state index contributed by atoms with van der Waals surface area (Å²) < 4.78 is 3.38. The van der Waals surface area contributed by atoms with Gasteiger partial charge in [-0.3, -0.25) is 9.48 Å². The molecular weight excluding hydrogens is 442 g/mol. The van der Waals surface area contributed by atoms with Crippen LogP contribution in [0.1, 0.15) is 16.8 Å². The molecule has 0 aliphatic heterocycles. The lowest BCUT2D eigenvalue weighted by Crippen LogP contribution is -2.38.